The third-order valence-electron chi connectivity index (χ3n) is 9.31. The lowest BCUT2D eigenvalue weighted by Crippen LogP contribution is -2.38. The predicted molar refractivity (Wildman–Crippen MR) is 171 cm³/mol. The number of rotatable bonds is 10. The largest absolute Gasteiger partial charge is 0.497 e. The summed E-state index contributed by atoms with van der Waals surface area (Å²) in [6, 6.07) is 25.0. The van der Waals surface area contributed by atoms with E-state index in [-0.39, 0.29) is 29.0 Å². The first kappa shape index (κ1) is 29.7. The van der Waals surface area contributed by atoms with Crippen molar-refractivity contribution in [1.82, 2.24) is 10.2 Å². The molecule has 0 bridgehead atoms. The van der Waals surface area contributed by atoms with Crippen LogP contribution >= 0.6 is 0 Å². The van der Waals surface area contributed by atoms with Gasteiger partial charge in [0.05, 0.1) is 12.5 Å². The molecule has 2 fully saturated rings. The number of likely N-dealkylation sites (tertiary alicyclic amines) is 1. The number of hydrogen-bond donors (Lipinski definition) is 1. The zero-order valence-electron chi connectivity index (χ0n) is 25.3. The minimum absolute atomic E-state index is 0.0162. The first-order valence-corrected chi connectivity index (χ1v) is 15.8. The zero-order valence-corrected chi connectivity index (χ0v) is 25.3. The minimum atomic E-state index is -0.375. The maximum atomic E-state index is 13.4. The van der Waals surface area contributed by atoms with Crippen molar-refractivity contribution in [2.24, 2.45) is 5.92 Å². The molecule has 7 heteroatoms. The van der Waals surface area contributed by atoms with Crippen LogP contribution in [0.15, 0.2) is 88.1 Å². The second-order valence-electron chi connectivity index (χ2n) is 12.3. The molecule has 228 valence electrons. The van der Waals surface area contributed by atoms with Gasteiger partial charge in [-0.15, -0.1) is 0 Å². The molecule has 4 aromatic rings. The molecule has 2 aliphatic rings. The van der Waals surface area contributed by atoms with Gasteiger partial charge < -0.3 is 19.4 Å². The normalized spacial score (nSPS) is 19.2. The van der Waals surface area contributed by atoms with Crippen molar-refractivity contribution in [3.8, 4) is 5.75 Å². The molecule has 1 aliphatic carbocycles. The molecule has 0 unspecified atom stereocenters. The van der Waals surface area contributed by atoms with Crippen molar-refractivity contribution in [3.05, 3.63) is 112 Å². The van der Waals surface area contributed by atoms with Crippen molar-refractivity contribution in [3.63, 3.8) is 0 Å². The lowest BCUT2D eigenvalue weighted by Gasteiger charge is -2.33. The van der Waals surface area contributed by atoms with Gasteiger partial charge in [0.1, 0.15) is 11.3 Å². The van der Waals surface area contributed by atoms with E-state index in [9.17, 15) is 14.4 Å². The van der Waals surface area contributed by atoms with Gasteiger partial charge in [-0.05, 0) is 91.7 Å². The van der Waals surface area contributed by atoms with Crippen LogP contribution in [0.25, 0.3) is 11.0 Å². The fraction of sp³-hybridized carbons (Fsp3) is 0.378. The summed E-state index contributed by atoms with van der Waals surface area (Å²) in [5.41, 5.74) is 3.89. The molecule has 1 N–H and O–H groups in total. The van der Waals surface area contributed by atoms with Crippen LogP contribution in [0.2, 0.25) is 0 Å². The SMILES string of the molecule is COc1ccc2oc(C(=O)N[C@H](Cc3ccccc3)CC3CCC(c4ccccc4CN4CCCC4=O)CC3)cc(=O)c2c1. The molecule has 1 saturated heterocycles. The van der Waals surface area contributed by atoms with E-state index in [1.54, 1.807) is 25.3 Å². The van der Waals surface area contributed by atoms with E-state index in [1.807, 2.05) is 23.1 Å². The summed E-state index contributed by atoms with van der Waals surface area (Å²) < 4.78 is 11.1. The summed E-state index contributed by atoms with van der Waals surface area (Å²) in [5, 5.41) is 3.59. The second kappa shape index (κ2) is 13.5. The summed E-state index contributed by atoms with van der Waals surface area (Å²) in [6.07, 6.45) is 7.51. The molecule has 44 heavy (non-hydrogen) atoms. The highest BCUT2D eigenvalue weighted by atomic mass is 16.5. The van der Waals surface area contributed by atoms with Gasteiger partial charge in [0, 0.05) is 31.6 Å². The zero-order chi connectivity index (χ0) is 30.5. The Morgan fingerprint density at radius 3 is 2.50 bits per heavy atom. The Kier molecular flexibility index (Phi) is 9.10. The van der Waals surface area contributed by atoms with Crippen LogP contribution in [0.4, 0.5) is 0 Å². The molecule has 0 spiro atoms. The summed E-state index contributed by atoms with van der Waals surface area (Å²) in [6.45, 7) is 1.56. The Morgan fingerprint density at radius 2 is 1.75 bits per heavy atom. The molecular weight excluding hydrogens is 552 g/mol. The summed E-state index contributed by atoms with van der Waals surface area (Å²) in [4.78, 5) is 40.6. The van der Waals surface area contributed by atoms with Gasteiger partial charge in [0.2, 0.25) is 5.91 Å². The standard InChI is InChI=1S/C37H40N2O5/c1-43-30-17-18-34-32(22-30)33(40)23-35(44-34)37(42)38-29(20-25-8-3-2-4-9-25)21-26-13-15-27(16-14-26)31-11-6-5-10-28(31)24-39-19-7-12-36(39)41/h2-6,8-11,17-18,22-23,26-27,29H,7,12-16,19-21,24H2,1H3,(H,38,42)/t26?,27?,29-/m1/s1. The summed E-state index contributed by atoms with van der Waals surface area (Å²) in [7, 11) is 1.54. The Morgan fingerprint density at radius 1 is 0.977 bits per heavy atom. The fourth-order valence-electron chi connectivity index (χ4n) is 6.99. The molecule has 6 rings (SSSR count). The predicted octanol–water partition coefficient (Wildman–Crippen LogP) is 6.63. The first-order chi connectivity index (χ1) is 21.5. The van der Waals surface area contributed by atoms with E-state index < -0.39 is 0 Å². The van der Waals surface area contributed by atoms with Crippen LogP contribution in [0, 0.1) is 5.92 Å². The molecule has 7 nitrogen and oxygen atoms in total. The number of amides is 2. The number of benzene rings is 3. The van der Waals surface area contributed by atoms with Crippen LogP contribution < -0.4 is 15.5 Å². The van der Waals surface area contributed by atoms with Crippen molar-refractivity contribution in [2.75, 3.05) is 13.7 Å². The number of carbonyl (C=O) groups is 2. The van der Waals surface area contributed by atoms with Gasteiger partial charge in [-0.2, -0.15) is 0 Å². The molecule has 1 atom stereocenters. The van der Waals surface area contributed by atoms with Crippen LogP contribution in [-0.2, 0) is 17.8 Å². The monoisotopic (exact) mass is 592 g/mol. The van der Waals surface area contributed by atoms with Gasteiger partial charge in [0.25, 0.3) is 5.91 Å². The number of hydrogen-bond acceptors (Lipinski definition) is 5. The molecule has 2 amide bonds. The van der Waals surface area contributed by atoms with Gasteiger partial charge in [-0.1, -0.05) is 54.6 Å². The van der Waals surface area contributed by atoms with E-state index >= 15 is 0 Å². The average molecular weight is 593 g/mol. The highest BCUT2D eigenvalue weighted by molar-refractivity contribution is 5.93. The van der Waals surface area contributed by atoms with E-state index in [0.717, 1.165) is 50.6 Å². The Bertz CT molecular complexity index is 1670. The van der Waals surface area contributed by atoms with Crippen LogP contribution in [0.1, 0.15) is 78.1 Å². The average Bonchev–Trinajstić information content (AvgIpc) is 3.45. The smallest absolute Gasteiger partial charge is 0.287 e. The van der Waals surface area contributed by atoms with E-state index in [2.05, 4.69) is 41.7 Å². The maximum Gasteiger partial charge on any atom is 0.287 e. The molecular formula is C37H40N2O5. The van der Waals surface area contributed by atoms with E-state index in [0.29, 0.717) is 47.9 Å². The van der Waals surface area contributed by atoms with Crippen LogP contribution in [0.5, 0.6) is 5.75 Å². The molecule has 3 aromatic carbocycles. The van der Waals surface area contributed by atoms with E-state index in [1.165, 1.54) is 17.2 Å². The van der Waals surface area contributed by atoms with Crippen molar-refractivity contribution < 1.29 is 18.7 Å². The number of nitrogens with one attached hydrogen (secondary N) is 1. The third-order valence-corrected chi connectivity index (χ3v) is 9.31. The van der Waals surface area contributed by atoms with Gasteiger partial charge in [-0.25, -0.2) is 0 Å². The summed E-state index contributed by atoms with van der Waals surface area (Å²) in [5.74, 6) is 1.42. The topological polar surface area (TPSA) is 88.8 Å². The van der Waals surface area contributed by atoms with Gasteiger partial charge >= 0.3 is 0 Å². The number of fused-ring (bicyclic) bond motifs is 1. The molecule has 1 saturated carbocycles. The molecule has 1 aromatic heterocycles. The van der Waals surface area contributed by atoms with Crippen LogP contribution in [0.3, 0.4) is 0 Å². The number of nitrogens with zero attached hydrogens (tertiary/aromatic N) is 1. The summed E-state index contributed by atoms with van der Waals surface area (Å²) >= 11 is 0. The van der Waals surface area contributed by atoms with Gasteiger partial charge in [-0.3, -0.25) is 14.4 Å². The van der Waals surface area contributed by atoms with Gasteiger partial charge in [0.15, 0.2) is 11.2 Å². The number of carbonyl (C=O) groups excluding carboxylic acids is 2. The van der Waals surface area contributed by atoms with Crippen molar-refractivity contribution >= 4 is 22.8 Å². The fourth-order valence-corrected chi connectivity index (χ4v) is 6.99. The Labute approximate surface area is 258 Å². The van der Waals surface area contributed by atoms with Crippen molar-refractivity contribution in [1.29, 1.82) is 0 Å². The van der Waals surface area contributed by atoms with Crippen LogP contribution in [-0.4, -0.2) is 36.4 Å². The second-order valence-corrected chi connectivity index (χ2v) is 12.3. The number of ether oxygens (including phenoxy) is 1. The lowest BCUT2D eigenvalue weighted by atomic mass is 9.75. The minimum Gasteiger partial charge on any atom is -0.497 e. The van der Waals surface area contributed by atoms with Crippen molar-refractivity contribution in [2.45, 2.75) is 69.9 Å². The van der Waals surface area contributed by atoms with E-state index in [4.69, 9.17) is 9.15 Å². The highest BCUT2D eigenvalue weighted by Gasteiger charge is 2.28. The Hall–Kier alpha value is -4.39. The third kappa shape index (κ3) is 6.88. The Balaban J connectivity index is 1.14. The maximum absolute atomic E-state index is 13.4. The lowest BCUT2D eigenvalue weighted by molar-refractivity contribution is -0.128. The molecule has 2 heterocycles. The first-order valence-electron chi connectivity index (χ1n) is 15.8. The molecule has 1 aliphatic heterocycles. The highest BCUT2D eigenvalue weighted by Crippen LogP contribution is 2.39. The quantitative estimate of drug-likeness (QED) is 0.223. The number of methoxy groups -OCH3 is 1. The molecule has 0 radical (unpaired) electrons.